The lowest BCUT2D eigenvalue weighted by molar-refractivity contribution is -0.149. The number of carbonyl (C=O) groups excluding carboxylic acids is 2. The highest BCUT2D eigenvalue weighted by Gasteiger charge is 2.51. The fourth-order valence-electron chi connectivity index (χ4n) is 3.49. The molecule has 0 bridgehead atoms. The molecule has 0 spiro atoms. The van der Waals surface area contributed by atoms with Crippen LogP contribution in [0.4, 0.5) is 10.1 Å². The number of aryl methyl sites for hydroxylation is 1. The normalized spacial score (nSPS) is 19.2. The number of fused-ring (bicyclic) bond motifs is 1. The second-order valence-corrected chi connectivity index (χ2v) is 7.55. The smallest absolute Gasteiger partial charge is 0.268 e. The monoisotopic (exact) mass is 416 g/mol. The molecule has 0 unspecified atom stereocenters. The lowest BCUT2D eigenvalue weighted by atomic mass is 10.0. The van der Waals surface area contributed by atoms with E-state index in [0.717, 1.165) is 17.1 Å². The second-order valence-electron chi connectivity index (χ2n) is 7.11. The number of amides is 2. The van der Waals surface area contributed by atoms with E-state index in [-0.39, 0.29) is 24.5 Å². The third-order valence-corrected chi connectivity index (χ3v) is 5.17. The number of H-pyrrole nitrogens is 1. The summed E-state index contributed by atoms with van der Waals surface area (Å²) in [5.74, 6) is -2.09. The molecule has 1 atom stereocenters. The lowest BCUT2D eigenvalue weighted by Gasteiger charge is -2.21. The highest BCUT2D eigenvalue weighted by atomic mass is 35.5. The summed E-state index contributed by atoms with van der Waals surface area (Å²) < 4.78 is 13.4. The van der Waals surface area contributed by atoms with Crippen LogP contribution in [-0.4, -0.2) is 39.0 Å². The van der Waals surface area contributed by atoms with Crippen molar-refractivity contribution in [1.29, 1.82) is 0 Å². The first-order chi connectivity index (χ1) is 13.8. The van der Waals surface area contributed by atoms with Gasteiger partial charge in [-0.15, -0.1) is 0 Å². The fraction of sp³-hybridized carbons (Fsp3) is 0.250. The van der Waals surface area contributed by atoms with Crippen LogP contribution in [0.1, 0.15) is 17.7 Å². The first kappa shape index (κ1) is 19.4. The molecule has 1 aliphatic heterocycles. The number of pyridine rings is 1. The van der Waals surface area contributed by atoms with Crippen LogP contribution < -0.4 is 10.2 Å². The van der Waals surface area contributed by atoms with Gasteiger partial charge in [0.15, 0.2) is 0 Å². The highest BCUT2D eigenvalue weighted by Crippen LogP contribution is 2.30. The van der Waals surface area contributed by atoms with E-state index >= 15 is 0 Å². The maximum absolute atomic E-state index is 13.4. The summed E-state index contributed by atoms with van der Waals surface area (Å²) in [6, 6.07) is 7.55. The van der Waals surface area contributed by atoms with Gasteiger partial charge in [0.25, 0.3) is 11.8 Å². The molecule has 0 saturated carbocycles. The van der Waals surface area contributed by atoms with Crippen molar-refractivity contribution in [3.8, 4) is 0 Å². The third-order valence-electron chi connectivity index (χ3n) is 4.95. The van der Waals surface area contributed by atoms with Gasteiger partial charge in [-0.25, -0.2) is 9.37 Å². The molecule has 1 aliphatic rings. The van der Waals surface area contributed by atoms with Crippen LogP contribution in [0.25, 0.3) is 11.0 Å². The first-order valence-electron chi connectivity index (χ1n) is 8.99. The van der Waals surface area contributed by atoms with Gasteiger partial charge in [-0.1, -0.05) is 11.6 Å². The minimum atomic E-state index is -2.19. The van der Waals surface area contributed by atoms with E-state index in [0.29, 0.717) is 16.9 Å². The molecule has 0 radical (unpaired) electrons. The van der Waals surface area contributed by atoms with Crippen LogP contribution in [0.2, 0.25) is 5.02 Å². The molecule has 0 aliphatic carbocycles. The van der Waals surface area contributed by atoms with Crippen molar-refractivity contribution in [2.24, 2.45) is 0 Å². The fourth-order valence-corrected chi connectivity index (χ4v) is 3.74. The van der Waals surface area contributed by atoms with Crippen LogP contribution in [0.3, 0.4) is 0 Å². The minimum Gasteiger partial charge on any atom is -0.372 e. The molecular formula is C20H18ClFN4O3. The molecule has 1 fully saturated rings. The van der Waals surface area contributed by atoms with Crippen LogP contribution in [0.15, 0.2) is 36.5 Å². The lowest BCUT2D eigenvalue weighted by Crippen LogP contribution is -2.52. The third kappa shape index (κ3) is 3.56. The minimum absolute atomic E-state index is 0.0637. The maximum Gasteiger partial charge on any atom is 0.268 e. The van der Waals surface area contributed by atoms with E-state index in [1.54, 1.807) is 6.07 Å². The summed E-state index contributed by atoms with van der Waals surface area (Å²) in [5, 5.41) is 14.2. The van der Waals surface area contributed by atoms with Gasteiger partial charge >= 0.3 is 0 Å². The Morgan fingerprint density at radius 2 is 2.17 bits per heavy atom. The Bertz CT molecular complexity index is 1110. The van der Waals surface area contributed by atoms with E-state index < -0.39 is 23.2 Å². The summed E-state index contributed by atoms with van der Waals surface area (Å²) >= 11 is 5.80. The molecule has 2 aromatic heterocycles. The molecule has 1 aromatic carbocycles. The number of hydrogen-bond acceptors (Lipinski definition) is 4. The summed E-state index contributed by atoms with van der Waals surface area (Å²) in [4.78, 5) is 34.1. The number of benzene rings is 1. The van der Waals surface area contributed by atoms with Gasteiger partial charge in [0, 0.05) is 35.6 Å². The molecule has 29 heavy (non-hydrogen) atoms. The molecule has 3 heterocycles. The van der Waals surface area contributed by atoms with Crippen molar-refractivity contribution in [1.82, 2.24) is 15.3 Å². The average molecular weight is 417 g/mol. The Morgan fingerprint density at radius 1 is 1.38 bits per heavy atom. The number of rotatable bonds is 4. The van der Waals surface area contributed by atoms with Crippen molar-refractivity contribution in [2.75, 3.05) is 11.4 Å². The molecular weight excluding hydrogens is 399 g/mol. The summed E-state index contributed by atoms with van der Waals surface area (Å²) in [7, 11) is 0. The molecule has 9 heteroatoms. The van der Waals surface area contributed by atoms with E-state index in [9.17, 15) is 19.1 Å². The Kier molecular flexibility index (Phi) is 4.76. The summed E-state index contributed by atoms with van der Waals surface area (Å²) in [5.41, 5.74) is 0.361. The van der Waals surface area contributed by atoms with E-state index in [1.807, 2.05) is 13.0 Å². The second kappa shape index (κ2) is 7.13. The van der Waals surface area contributed by atoms with Crippen molar-refractivity contribution in [2.45, 2.75) is 25.5 Å². The first-order valence-corrected chi connectivity index (χ1v) is 9.37. The van der Waals surface area contributed by atoms with E-state index in [1.165, 1.54) is 23.2 Å². The van der Waals surface area contributed by atoms with Gasteiger partial charge in [0.05, 0.1) is 11.9 Å². The van der Waals surface area contributed by atoms with Gasteiger partial charge < -0.3 is 20.3 Å². The zero-order valence-corrected chi connectivity index (χ0v) is 16.3. The number of carbonyl (C=O) groups is 2. The molecule has 1 saturated heterocycles. The number of aromatic amines is 1. The number of aliphatic hydroxyl groups is 1. The number of anilines is 1. The van der Waals surface area contributed by atoms with E-state index in [2.05, 4.69) is 15.3 Å². The Balaban J connectivity index is 1.50. The van der Waals surface area contributed by atoms with Crippen LogP contribution >= 0.6 is 11.6 Å². The summed E-state index contributed by atoms with van der Waals surface area (Å²) in [6.07, 6.45) is 1.46. The predicted molar refractivity (Wildman–Crippen MR) is 106 cm³/mol. The van der Waals surface area contributed by atoms with Gasteiger partial charge in [0.1, 0.15) is 11.5 Å². The molecule has 7 nitrogen and oxygen atoms in total. The zero-order chi connectivity index (χ0) is 20.8. The molecule has 2 amide bonds. The Labute approximate surface area is 170 Å². The number of nitrogens with one attached hydrogen (secondary N) is 2. The average Bonchev–Trinajstić information content (AvgIpc) is 3.18. The molecule has 150 valence electrons. The van der Waals surface area contributed by atoms with Crippen molar-refractivity contribution < 1.29 is 19.1 Å². The maximum atomic E-state index is 13.4. The predicted octanol–water partition coefficient (Wildman–Crippen LogP) is 2.45. The van der Waals surface area contributed by atoms with Gasteiger partial charge in [-0.2, -0.15) is 0 Å². The van der Waals surface area contributed by atoms with Crippen LogP contribution in [0.5, 0.6) is 0 Å². The summed E-state index contributed by atoms with van der Waals surface area (Å²) in [6.45, 7) is 2.00. The number of hydrogen-bond donors (Lipinski definition) is 3. The van der Waals surface area contributed by atoms with E-state index in [4.69, 9.17) is 11.6 Å². The standard InChI is InChI=1S/C20H18ClFN4O3/c1-11-4-13-7-16(10-23-17(13)25-11)26-3-2-20(29,19(26)28)18(27)24-9-12-5-14(21)8-15(22)6-12/h4-8,10,29H,2-3,9H2,1H3,(H,23,25)(H,24,27)/t20-/m0/s1. The number of nitrogens with zero attached hydrogens (tertiary/aromatic N) is 2. The molecule has 4 rings (SSSR count). The van der Waals surface area contributed by atoms with Crippen molar-refractivity contribution in [3.63, 3.8) is 0 Å². The largest absolute Gasteiger partial charge is 0.372 e. The van der Waals surface area contributed by atoms with Crippen molar-refractivity contribution in [3.05, 3.63) is 58.6 Å². The molecule has 3 N–H and O–H groups in total. The number of halogens is 2. The topological polar surface area (TPSA) is 98.3 Å². The van der Waals surface area contributed by atoms with Gasteiger partial charge in [-0.05, 0) is 42.8 Å². The highest BCUT2D eigenvalue weighted by molar-refractivity contribution is 6.30. The van der Waals surface area contributed by atoms with Crippen molar-refractivity contribution >= 4 is 40.1 Å². The number of aromatic nitrogens is 2. The molecule has 3 aromatic rings. The Hall–Kier alpha value is -2.97. The van der Waals surface area contributed by atoms with Crippen LogP contribution in [-0.2, 0) is 16.1 Å². The van der Waals surface area contributed by atoms with Gasteiger partial charge in [-0.3, -0.25) is 9.59 Å². The van der Waals surface area contributed by atoms with Gasteiger partial charge in [0.2, 0.25) is 5.60 Å². The quantitative estimate of drug-likeness (QED) is 0.569. The SMILES string of the molecule is Cc1cc2cc(N3CC[C@](O)(C(=O)NCc4cc(F)cc(Cl)c4)C3=O)cnc2[nH]1. The van der Waals surface area contributed by atoms with Crippen LogP contribution in [0, 0.1) is 12.7 Å². The Morgan fingerprint density at radius 3 is 2.93 bits per heavy atom. The zero-order valence-electron chi connectivity index (χ0n) is 15.5.